The second kappa shape index (κ2) is 1.97. The third-order valence-corrected chi connectivity index (χ3v) is 1.77. The van der Waals surface area contributed by atoms with Crippen LogP contribution in [0.4, 0.5) is 10.1 Å². The number of hydrogen-bond donors (Lipinski definition) is 1. The summed E-state index contributed by atoms with van der Waals surface area (Å²) in [5.74, 6) is 0. The summed E-state index contributed by atoms with van der Waals surface area (Å²) in [7, 11) is 0. The molecule has 2 heteroatoms. The Bertz CT molecular complexity index is 247. The van der Waals surface area contributed by atoms with Crippen molar-refractivity contribution in [3.63, 3.8) is 0 Å². The molecule has 0 spiro atoms. The predicted molar refractivity (Wildman–Crippen MR) is 38.8 cm³/mol. The lowest BCUT2D eigenvalue weighted by molar-refractivity contribution is 0.373. The Hall–Kier alpha value is -1.05. The van der Waals surface area contributed by atoms with E-state index in [-0.39, 0.29) is 0 Å². The van der Waals surface area contributed by atoms with Gasteiger partial charge in [-0.05, 0) is 6.07 Å². The van der Waals surface area contributed by atoms with Gasteiger partial charge in [0, 0.05) is 11.3 Å². The van der Waals surface area contributed by atoms with Crippen LogP contribution in [-0.2, 0) is 0 Å². The fourth-order valence-electron chi connectivity index (χ4n) is 1.24. The quantitative estimate of drug-likeness (QED) is 0.577. The summed E-state index contributed by atoms with van der Waals surface area (Å²) in [6.45, 7) is 0.430. The van der Waals surface area contributed by atoms with Gasteiger partial charge in [0.05, 0.1) is 6.54 Å². The normalized spacial score (nSPS) is 21.9. The summed E-state index contributed by atoms with van der Waals surface area (Å²) in [6, 6.07) is 7.48. The first kappa shape index (κ1) is 5.71. The minimum absolute atomic E-state index is 0.430. The van der Waals surface area contributed by atoms with Crippen LogP contribution >= 0.6 is 0 Å². The molecular weight excluding hydrogens is 129 g/mol. The van der Waals surface area contributed by atoms with Gasteiger partial charge in [-0.3, -0.25) is 0 Å². The zero-order valence-corrected chi connectivity index (χ0v) is 5.47. The summed E-state index contributed by atoms with van der Waals surface area (Å²) in [4.78, 5) is 0. The monoisotopic (exact) mass is 137 g/mol. The molecule has 0 radical (unpaired) electrons. The van der Waals surface area contributed by atoms with Gasteiger partial charge in [-0.25, -0.2) is 4.39 Å². The van der Waals surface area contributed by atoms with Crippen LogP contribution in [0.15, 0.2) is 24.3 Å². The van der Waals surface area contributed by atoms with Crippen molar-refractivity contribution in [3.8, 4) is 0 Å². The van der Waals surface area contributed by atoms with Crippen LogP contribution in [0, 0.1) is 0 Å². The van der Waals surface area contributed by atoms with Crippen molar-refractivity contribution in [1.29, 1.82) is 0 Å². The van der Waals surface area contributed by atoms with Crippen molar-refractivity contribution in [1.82, 2.24) is 0 Å². The second-order valence-electron chi connectivity index (χ2n) is 2.44. The van der Waals surface area contributed by atoms with E-state index in [1.165, 1.54) is 0 Å². The first-order chi connectivity index (χ1) is 4.88. The summed E-state index contributed by atoms with van der Waals surface area (Å²) in [5, 5.41) is 2.97. The number of hydrogen-bond acceptors (Lipinski definition) is 1. The van der Waals surface area contributed by atoms with E-state index in [0.29, 0.717) is 6.54 Å². The molecule has 10 heavy (non-hydrogen) atoms. The number of fused-ring (bicyclic) bond motifs is 1. The number of para-hydroxylation sites is 1. The average molecular weight is 137 g/mol. The first-order valence-electron chi connectivity index (χ1n) is 3.35. The van der Waals surface area contributed by atoms with Gasteiger partial charge >= 0.3 is 0 Å². The zero-order valence-electron chi connectivity index (χ0n) is 5.47. The highest BCUT2D eigenvalue weighted by Gasteiger charge is 2.19. The molecule has 2 rings (SSSR count). The summed E-state index contributed by atoms with van der Waals surface area (Å²) < 4.78 is 12.9. The highest BCUT2D eigenvalue weighted by atomic mass is 19.1. The van der Waals surface area contributed by atoms with E-state index in [2.05, 4.69) is 5.32 Å². The Morgan fingerprint density at radius 2 is 2.20 bits per heavy atom. The SMILES string of the molecule is F[C@H]1CNc2ccccc21. The van der Waals surface area contributed by atoms with E-state index in [4.69, 9.17) is 0 Å². The van der Waals surface area contributed by atoms with E-state index >= 15 is 0 Å². The van der Waals surface area contributed by atoms with Crippen LogP contribution in [0.5, 0.6) is 0 Å². The maximum atomic E-state index is 12.9. The minimum atomic E-state index is -0.809. The second-order valence-corrected chi connectivity index (χ2v) is 2.44. The Labute approximate surface area is 58.9 Å². The van der Waals surface area contributed by atoms with Crippen molar-refractivity contribution in [2.75, 3.05) is 11.9 Å². The molecule has 1 aliphatic heterocycles. The Balaban J connectivity index is 2.51. The number of anilines is 1. The molecule has 1 nitrogen and oxygen atoms in total. The van der Waals surface area contributed by atoms with Crippen molar-refractivity contribution >= 4 is 5.69 Å². The lowest BCUT2D eigenvalue weighted by Crippen LogP contribution is -1.94. The van der Waals surface area contributed by atoms with Crippen molar-refractivity contribution in [2.45, 2.75) is 6.17 Å². The van der Waals surface area contributed by atoms with E-state index in [9.17, 15) is 4.39 Å². The van der Waals surface area contributed by atoms with Gasteiger partial charge in [0.1, 0.15) is 6.17 Å². The Morgan fingerprint density at radius 3 is 3.00 bits per heavy atom. The number of benzene rings is 1. The zero-order chi connectivity index (χ0) is 6.97. The predicted octanol–water partition coefficient (Wildman–Crippen LogP) is 2.12. The van der Waals surface area contributed by atoms with Crippen LogP contribution in [0.3, 0.4) is 0 Å². The van der Waals surface area contributed by atoms with E-state index in [1.807, 2.05) is 24.3 Å². The van der Waals surface area contributed by atoms with Gasteiger partial charge in [-0.2, -0.15) is 0 Å². The molecule has 0 saturated carbocycles. The molecule has 1 N–H and O–H groups in total. The third kappa shape index (κ3) is 0.685. The van der Waals surface area contributed by atoms with E-state index < -0.39 is 6.17 Å². The number of rotatable bonds is 0. The van der Waals surface area contributed by atoms with Gasteiger partial charge in [0.15, 0.2) is 0 Å². The molecule has 52 valence electrons. The van der Waals surface area contributed by atoms with Crippen LogP contribution in [0.25, 0.3) is 0 Å². The molecule has 0 aliphatic carbocycles. The Kier molecular flexibility index (Phi) is 1.13. The summed E-state index contributed by atoms with van der Waals surface area (Å²) >= 11 is 0. The maximum Gasteiger partial charge on any atom is 0.144 e. The lowest BCUT2D eigenvalue weighted by atomic mass is 10.1. The van der Waals surface area contributed by atoms with Gasteiger partial charge in [-0.15, -0.1) is 0 Å². The molecule has 1 aromatic carbocycles. The number of nitrogens with one attached hydrogen (secondary N) is 1. The van der Waals surface area contributed by atoms with E-state index in [1.54, 1.807) is 0 Å². The molecule has 0 aromatic heterocycles. The highest BCUT2D eigenvalue weighted by Crippen LogP contribution is 2.31. The molecule has 0 unspecified atom stereocenters. The van der Waals surface area contributed by atoms with Crippen molar-refractivity contribution in [3.05, 3.63) is 29.8 Å². The van der Waals surface area contributed by atoms with Crippen LogP contribution < -0.4 is 5.32 Å². The van der Waals surface area contributed by atoms with Gasteiger partial charge < -0.3 is 5.32 Å². The smallest absolute Gasteiger partial charge is 0.144 e. The molecule has 0 amide bonds. The minimum Gasteiger partial charge on any atom is -0.381 e. The fraction of sp³-hybridized carbons (Fsp3) is 0.250. The van der Waals surface area contributed by atoms with Gasteiger partial charge in [-0.1, -0.05) is 18.2 Å². The third-order valence-electron chi connectivity index (χ3n) is 1.77. The van der Waals surface area contributed by atoms with Crippen LogP contribution in [0.2, 0.25) is 0 Å². The average Bonchev–Trinajstić information content (AvgIpc) is 2.34. The van der Waals surface area contributed by atoms with Crippen molar-refractivity contribution in [2.24, 2.45) is 0 Å². The molecule has 1 aromatic rings. The summed E-state index contributed by atoms with van der Waals surface area (Å²) in [5.41, 5.74) is 1.73. The van der Waals surface area contributed by atoms with Gasteiger partial charge in [0.25, 0.3) is 0 Å². The molecule has 0 fully saturated rings. The lowest BCUT2D eigenvalue weighted by Gasteiger charge is -1.96. The number of halogens is 1. The van der Waals surface area contributed by atoms with Gasteiger partial charge in [0.2, 0.25) is 0 Å². The largest absolute Gasteiger partial charge is 0.381 e. The highest BCUT2D eigenvalue weighted by molar-refractivity contribution is 5.56. The molecule has 0 saturated heterocycles. The topological polar surface area (TPSA) is 12.0 Å². The molecular formula is C8H8FN. The molecule has 1 atom stereocenters. The summed E-state index contributed by atoms with van der Waals surface area (Å²) in [6.07, 6.45) is -0.809. The maximum absolute atomic E-state index is 12.9. The van der Waals surface area contributed by atoms with E-state index in [0.717, 1.165) is 11.3 Å². The van der Waals surface area contributed by atoms with Crippen LogP contribution in [-0.4, -0.2) is 6.54 Å². The molecule has 1 aliphatic rings. The standard InChI is InChI=1S/C8H8FN/c9-7-5-10-8-4-2-1-3-6(7)8/h1-4,7,10H,5H2/t7-/m0/s1. The fourth-order valence-corrected chi connectivity index (χ4v) is 1.24. The van der Waals surface area contributed by atoms with Crippen molar-refractivity contribution < 1.29 is 4.39 Å². The van der Waals surface area contributed by atoms with Crippen LogP contribution in [0.1, 0.15) is 11.7 Å². The Morgan fingerprint density at radius 1 is 1.40 bits per heavy atom. The number of alkyl halides is 1. The first-order valence-corrected chi connectivity index (χ1v) is 3.35. The molecule has 1 heterocycles. The molecule has 0 bridgehead atoms.